The molecule has 290 valence electrons. The van der Waals surface area contributed by atoms with Gasteiger partial charge in [-0.25, -0.2) is 9.59 Å². The Bertz CT molecular complexity index is 2850. The summed E-state index contributed by atoms with van der Waals surface area (Å²) < 4.78 is 11.9. The molecular weight excluding hydrogens is 837 g/mol. The van der Waals surface area contributed by atoms with Crippen LogP contribution in [0.5, 0.6) is 11.5 Å². The summed E-state index contributed by atoms with van der Waals surface area (Å²) >= 11 is 3.69. The Morgan fingerprint density at radius 3 is 1.24 bits per heavy atom. The normalized spacial score (nSPS) is 16.1. The van der Waals surface area contributed by atoms with Crippen molar-refractivity contribution < 1.29 is 38.2 Å². The number of ether oxygens (including phenoxy) is 2. The van der Waals surface area contributed by atoms with E-state index in [1.807, 2.05) is 0 Å². The number of benzene rings is 3. The Labute approximate surface area is 337 Å². The van der Waals surface area contributed by atoms with Crippen LogP contribution in [-0.4, -0.2) is 66.9 Å². The smallest absolute Gasteiger partial charge is 0.323 e. The summed E-state index contributed by atoms with van der Waals surface area (Å²) in [4.78, 5) is 114. The number of carbonyl (C=O) groups excluding carboxylic acids is 6. The average Bonchev–Trinajstić information content (AvgIpc) is 4.00. The van der Waals surface area contributed by atoms with Gasteiger partial charge in [0, 0.05) is 13.8 Å². The summed E-state index contributed by atoms with van der Waals surface area (Å²) in [5, 5.41) is 10.4. The van der Waals surface area contributed by atoms with Gasteiger partial charge in [0.2, 0.25) is 0 Å². The zero-order chi connectivity index (χ0) is 40.9. The first-order valence-electron chi connectivity index (χ1n) is 16.4. The lowest BCUT2D eigenvalue weighted by atomic mass is 10.1. The highest BCUT2D eigenvalue weighted by Crippen LogP contribution is 2.69. The van der Waals surface area contributed by atoms with Crippen LogP contribution >= 0.6 is 47.0 Å². The van der Waals surface area contributed by atoms with Crippen LogP contribution in [-0.2, 0) is 28.8 Å². The molecule has 0 saturated heterocycles. The molecule has 4 aliphatic heterocycles. The number of fused-ring (bicyclic) bond motifs is 4. The number of H-pyrrole nitrogens is 4. The van der Waals surface area contributed by atoms with Crippen molar-refractivity contribution in [1.82, 2.24) is 19.9 Å². The number of nitrogens with one attached hydrogen (secondary N) is 4. The summed E-state index contributed by atoms with van der Waals surface area (Å²) in [6, 6.07) is 9.09. The molecule has 2 aromatic heterocycles. The molecule has 9 rings (SSSR count). The monoisotopic (exact) mass is 856 g/mol. The van der Waals surface area contributed by atoms with Gasteiger partial charge in [0.25, 0.3) is 23.6 Å². The van der Waals surface area contributed by atoms with E-state index in [2.05, 4.69) is 30.1 Å². The maximum absolute atomic E-state index is 14.1. The number of rotatable bonds is 6. The van der Waals surface area contributed by atoms with Crippen LogP contribution in [0, 0.1) is 0 Å². The van der Waals surface area contributed by atoms with Gasteiger partial charge in [-0.15, -0.1) is 0 Å². The van der Waals surface area contributed by atoms with Gasteiger partial charge >= 0.3 is 23.3 Å². The molecule has 0 aliphatic carbocycles. The molecule has 5 aromatic rings. The second-order valence-electron chi connectivity index (χ2n) is 12.4. The van der Waals surface area contributed by atoms with E-state index in [4.69, 9.17) is 20.9 Å². The first-order chi connectivity index (χ1) is 27.7. The molecule has 0 bridgehead atoms. The topological polar surface area (TPSA) is 301 Å². The molecule has 0 radical (unpaired) electrons. The minimum Gasteiger partial charge on any atom is -0.424 e. The van der Waals surface area contributed by atoms with Crippen molar-refractivity contribution in [1.29, 1.82) is 0 Å². The quantitative estimate of drug-likeness (QED) is 0.0813. The second-order valence-corrected chi connectivity index (χ2v) is 17.0. The third-order valence-electron chi connectivity index (χ3n) is 8.56. The molecule has 3 aromatic carbocycles. The van der Waals surface area contributed by atoms with Gasteiger partial charge in [-0.1, -0.05) is 47.0 Å². The first kappa shape index (κ1) is 36.9. The number of hydrazone groups is 2. The number of carbonyl (C=O) groups is 6. The molecule has 20 nitrogen and oxygen atoms in total. The van der Waals surface area contributed by atoms with Crippen LogP contribution in [0.3, 0.4) is 0 Å². The fourth-order valence-corrected chi connectivity index (χ4v) is 11.8. The van der Waals surface area contributed by atoms with E-state index < -0.39 is 46.9 Å². The third-order valence-corrected chi connectivity index (χ3v) is 13.7. The van der Waals surface area contributed by atoms with Gasteiger partial charge in [0.15, 0.2) is 22.9 Å². The summed E-state index contributed by atoms with van der Waals surface area (Å²) in [7, 11) is 0. The fourth-order valence-electron chi connectivity index (χ4n) is 6.25. The maximum atomic E-state index is 14.1. The van der Waals surface area contributed by atoms with Gasteiger partial charge in [0.05, 0.1) is 72.6 Å². The molecule has 0 unspecified atom stereocenters. The van der Waals surface area contributed by atoms with Crippen LogP contribution in [0.4, 0.5) is 11.4 Å². The van der Waals surface area contributed by atoms with E-state index >= 15 is 0 Å². The Morgan fingerprint density at radius 1 is 0.569 bits per heavy atom. The van der Waals surface area contributed by atoms with Crippen LogP contribution in [0.15, 0.2) is 95.4 Å². The highest BCUT2D eigenvalue weighted by atomic mass is 32.2. The van der Waals surface area contributed by atoms with Crippen molar-refractivity contribution in [3.63, 3.8) is 0 Å². The molecule has 4 aliphatic rings. The number of imidazole rings is 2. The number of esters is 2. The van der Waals surface area contributed by atoms with Crippen molar-refractivity contribution in [2.45, 2.75) is 33.4 Å². The number of nitrogens with two attached hydrogens (primary N) is 2. The molecule has 4 amide bonds. The predicted molar refractivity (Wildman–Crippen MR) is 213 cm³/mol. The highest BCUT2D eigenvalue weighted by Gasteiger charge is 2.46. The number of thioether (sulfide) groups is 4. The van der Waals surface area contributed by atoms with E-state index in [9.17, 15) is 38.4 Å². The predicted octanol–water partition coefficient (Wildman–Crippen LogP) is 2.47. The maximum Gasteiger partial charge on any atom is 0.323 e. The summed E-state index contributed by atoms with van der Waals surface area (Å²) in [5.41, 5.74) is 11.5. The van der Waals surface area contributed by atoms with E-state index in [-0.39, 0.29) is 73.5 Å². The lowest BCUT2D eigenvalue weighted by Gasteiger charge is -2.15. The molecule has 6 heterocycles. The van der Waals surface area contributed by atoms with E-state index in [0.717, 1.165) is 70.9 Å². The van der Waals surface area contributed by atoms with Gasteiger partial charge in [-0.2, -0.15) is 20.2 Å². The third kappa shape index (κ3) is 5.91. The molecule has 0 saturated carbocycles. The van der Waals surface area contributed by atoms with Crippen LogP contribution in [0.25, 0.3) is 22.1 Å². The van der Waals surface area contributed by atoms with Crippen molar-refractivity contribution in [2.24, 2.45) is 21.7 Å². The van der Waals surface area contributed by atoms with Gasteiger partial charge in [-0.05, 0) is 36.4 Å². The van der Waals surface area contributed by atoms with Gasteiger partial charge in [-0.3, -0.25) is 28.8 Å². The van der Waals surface area contributed by atoms with Crippen molar-refractivity contribution in [3.05, 3.63) is 77.0 Å². The lowest BCUT2D eigenvalue weighted by molar-refractivity contribution is -0.133. The number of hydrogen-bond donors (Lipinski definition) is 6. The zero-order valence-electron chi connectivity index (χ0n) is 29.1. The van der Waals surface area contributed by atoms with Crippen molar-refractivity contribution in [2.75, 3.05) is 10.0 Å². The van der Waals surface area contributed by atoms with E-state index in [1.165, 1.54) is 24.3 Å². The average molecular weight is 857 g/mol. The standard InChI is InChI=1S/C34H20N10O10S4/c1-9(45)53-21-23-25(57-31(55-23)17-19(27(35)47)41-43(29(17)49)11-3-5-13-15(7-11)39-33(51)37-13)22(54-10(2)46)26-24(21)56-32(58-26)18-20(28(36)48)42-44(30(18)50)12-4-6-14-16(8-12)40-34(52)38-14/h3-8H,1-2H3,(H2,35,47)(H2,36,48)(H2,37,39,51)(H2,38,40,52). The van der Waals surface area contributed by atoms with Crippen LogP contribution in [0.1, 0.15) is 13.8 Å². The van der Waals surface area contributed by atoms with Crippen LogP contribution < -0.4 is 42.3 Å². The minimum atomic E-state index is -1.03. The Balaban J connectivity index is 1.15. The zero-order valence-corrected chi connectivity index (χ0v) is 32.4. The first-order valence-corrected chi connectivity index (χ1v) is 19.6. The molecule has 0 fully saturated rings. The Morgan fingerprint density at radius 2 is 0.914 bits per heavy atom. The molecule has 58 heavy (non-hydrogen) atoms. The number of hydrogen-bond acceptors (Lipinski definition) is 16. The second kappa shape index (κ2) is 13.4. The van der Waals surface area contributed by atoms with E-state index in [1.54, 1.807) is 12.1 Å². The number of anilines is 2. The van der Waals surface area contributed by atoms with Gasteiger partial charge in [0.1, 0.15) is 0 Å². The summed E-state index contributed by atoms with van der Waals surface area (Å²) in [5.74, 6) is -5.10. The van der Waals surface area contributed by atoms with Crippen molar-refractivity contribution >= 4 is 127 Å². The number of aromatic nitrogens is 4. The summed E-state index contributed by atoms with van der Waals surface area (Å²) in [6.45, 7) is 2.32. The lowest BCUT2D eigenvalue weighted by Crippen LogP contribution is -2.26. The highest BCUT2D eigenvalue weighted by molar-refractivity contribution is 8.26. The Kier molecular flexibility index (Phi) is 8.53. The number of amides is 4. The number of aromatic amines is 4. The molecular formula is C34H20N10O10S4. The largest absolute Gasteiger partial charge is 0.424 e. The molecule has 0 spiro atoms. The van der Waals surface area contributed by atoms with Crippen LogP contribution in [0.2, 0.25) is 0 Å². The van der Waals surface area contributed by atoms with E-state index in [0.29, 0.717) is 22.1 Å². The Hall–Kier alpha value is -6.76. The number of nitrogens with zero attached hydrogens (tertiary/aromatic N) is 4. The minimum absolute atomic E-state index is 0.0296. The summed E-state index contributed by atoms with van der Waals surface area (Å²) in [6.07, 6.45) is 0. The van der Waals surface area contributed by atoms with Crippen molar-refractivity contribution in [3.8, 4) is 11.5 Å². The van der Waals surface area contributed by atoms with Gasteiger partial charge < -0.3 is 40.9 Å². The fraction of sp³-hybridized carbons (Fsp3) is 0.0588. The SMILES string of the molecule is CC(=O)Oc1c2c(c(OC(C)=O)c3c1SC(=C1C(=O)N(c4ccc5[nH]c(=O)[nH]c5c4)N=C1C(N)=O)S3)SC(=C1C(=O)N(c3ccc4[nH]c(=O)[nH]c4c3)N=C1C(N)=O)S2. The molecule has 8 N–H and O–H groups in total. The molecule has 24 heteroatoms. The number of primary amides is 2. The molecule has 0 atom stereocenters.